The highest BCUT2D eigenvalue weighted by Crippen LogP contribution is 2.39. The van der Waals surface area contributed by atoms with Crippen LogP contribution in [-0.4, -0.2) is 31.6 Å². The molecular weight excluding hydrogens is 220 g/mol. The molecule has 1 aliphatic heterocycles. The normalized spacial score (nSPS) is 32.6. The SMILES string of the molecule is CC[C@@]1(/C=C/C(=O)OC)COC(C)(C)OC1C. The second-order valence-corrected chi connectivity index (χ2v) is 4.89. The minimum atomic E-state index is -0.558. The lowest BCUT2D eigenvalue weighted by Gasteiger charge is -2.46. The van der Waals surface area contributed by atoms with Crippen molar-refractivity contribution in [3.05, 3.63) is 12.2 Å². The number of hydrogen-bond acceptors (Lipinski definition) is 4. The van der Waals surface area contributed by atoms with E-state index in [0.717, 1.165) is 6.42 Å². The zero-order valence-corrected chi connectivity index (χ0v) is 11.3. The predicted molar refractivity (Wildman–Crippen MR) is 64.5 cm³/mol. The Balaban J connectivity index is 2.83. The largest absolute Gasteiger partial charge is 0.466 e. The van der Waals surface area contributed by atoms with Gasteiger partial charge < -0.3 is 14.2 Å². The summed E-state index contributed by atoms with van der Waals surface area (Å²) < 4.78 is 16.1. The van der Waals surface area contributed by atoms with E-state index in [-0.39, 0.29) is 17.5 Å². The molecule has 0 radical (unpaired) electrons. The van der Waals surface area contributed by atoms with E-state index >= 15 is 0 Å². The van der Waals surface area contributed by atoms with Crippen LogP contribution in [0.2, 0.25) is 0 Å². The van der Waals surface area contributed by atoms with Crippen LogP contribution >= 0.6 is 0 Å². The fourth-order valence-electron chi connectivity index (χ4n) is 2.00. The lowest BCUT2D eigenvalue weighted by molar-refractivity contribution is -0.305. The van der Waals surface area contributed by atoms with Gasteiger partial charge in [0, 0.05) is 11.5 Å². The van der Waals surface area contributed by atoms with Gasteiger partial charge in [0.2, 0.25) is 0 Å². The molecule has 0 aromatic carbocycles. The zero-order chi connectivity index (χ0) is 13.1. The molecule has 0 amide bonds. The summed E-state index contributed by atoms with van der Waals surface area (Å²) in [4.78, 5) is 11.2. The number of methoxy groups -OCH3 is 1. The van der Waals surface area contributed by atoms with Gasteiger partial charge in [-0.05, 0) is 27.2 Å². The molecule has 1 fully saturated rings. The van der Waals surface area contributed by atoms with E-state index < -0.39 is 5.79 Å². The van der Waals surface area contributed by atoms with Crippen molar-refractivity contribution in [2.75, 3.05) is 13.7 Å². The number of carbonyl (C=O) groups is 1. The molecular formula is C13H22O4. The first-order valence-corrected chi connectivity index (χ1v) is 5.94. The highest BCUT2D eigenvalue weighted by molar-refractivity contribution is 5.81. The van der Waals surface area contributed by atoms with Crippen molar-refractivity contribution in [2.45, 2.75) is 46.0 Å². The third-order valence-electron chi connectivity index (χ3n) is 3.37. The van der Waals surface area contributed by atoms with Crippen LogP contribution in [-0.2, 0) is 19.0 Å². The first-order chi connectivity index (χ1) is 7.85. The number of hydrogen-bond donors (Lipinski definition) is 0. The van der Waals surface area contributed by atoms with E-state index in [1.165, 1.54) is 13.2 Å². The number of esters is 1. The van der Waals surface area contributed by atoms with E-state index in [0.29, 0.717) is 6.61 Å². The predicted octanol–water partition coefficient (Wildman–Crippen LogP) is 2.28. The lowest BCUT2D eigenvalue weighted by atomic mass is 9.79. The molecule has 1 aliphatic rings. The number of carbonyl (C=O) groups excluding carboxylic acids is 1. The summed E-state index contributed by atoms with van der Waals surface area (Å²) in [6.07, 6.45) is 4.14. The van der Waals surface area contributed by atoms with Crippen molar-refractivity contribution >= 4 is 5.97 Å². The average Bonchev–Trinajstić information content (AvgIpc) is 2.27. The highest BCUT2D eigenvalue weighted by atomic mass is 16.7. The van der Waals surface area contributed by atoms with E-state index in [1.54, 1.807) is 0 Å². The highest BCUT2D eigenvalue weighted by Gasteiger charge is 2.42. The molecule has 1 heterocycles. The van der Waals surface area contributed by atoms with Crippen LogP contribution in [0.4, 0.5) is 0 Å². The van der Waals surface area contributed by atoms with Gasteiger partial charge in [0.25, 0.3) is 0 Å². The Kier molecular flexibility index (Phi) is 4.33. The maximum atomic E-state index is 11.2. The van der Waals surface area contributed by atoms with Gasteiger partial charge in [-0.3, -0.25) is 0 Å². The van der Waals surface area contributed by atoms with Gasteiger partial charge in [0.15, 0.2) is 5.79 Å². The summed E-state index contributed by atoms with van der Waals surface area (Å²) in [6, 6.07) is 0. The maximum absolute atomic E-state index is 11.2. The van der Waals surface area contributed by atoms with Crippen LogP contribution in [0.15, 0.2) is 12.2 Å². The van der Waals surface area contributed by atoms with Crippen molar-refractivity contribution in [1.29, 1.82) is 0 Å². The summed E-state index contributed by atoms with van der Waals surface area (Å²) >= 11 is 0. The van der Waals surface area contributed by atoms with E-state index in [2.05, 4.69) is 11.7 Å². The van der Waals surface area contributed by atoms with Crippen LogP contribution in [0.1, 0.15) is 34.1 Å². The molecule has 98 valence electrons. The Labute approximate surface area is 103 Å². The van der Waals surface area contributed by atoms with E-state index in [1.807, 2.05) is 26.8 Å². The minimum absolute atomic E-state index is 0.00263. The van der Waals surface area contributed by atoms with Crippen LogP contribution in [0.25, 0.3) is 0 Å². The number of ether oxygens (including phenoxy) is 3. The Morgan fingerprint density at radius 1 is 1.53 bits per heavy atom. The van der Waals surface area contributed by atoms with Crippen LogP contribution in [0.5, 0.6) is 0 Å². The molecule has 0 aromatic rings. The summed E-state index contributed by atoms with van der Waals surface area (Å²) in [7, 11) is 1.37. The van der Waals surface area contributed by atoms with Gasteiger partial charge in [-0.15, -0.1) is 0 Å². The average molecular weight is 242 g/mol. The second kappa shape index (κ2) is 5.19. The third kappa shape index (κ3) is 3.30. The summed E-state index contributed by atoms with van der Waals surface area (Å²) in [5.74, 6) is -0.910. The molecule has 1 unspecified atom stereocenters. The van der Waals surface area contributed by atoms with Crippen LogP contribution in [0.3, 0.4) is 0 Å². The molecule has 2 atom stereocenters. The van der Waals surface area contributed by atoms with Gasteiger partial charge >= 0.3 is 5.97 Å². The quantitative estimate of drug-likeness (QED) is 0.562. The molecule has 0 spiro atoms. The van der Waals surface area contributed by atoms with Gasteiger partial charge in [-0.25, -0.2) is 4.79 Å². The lowest BCUT2D eigenvalue weighted by Crippen LogP contribution is -2.50. The molecule has 0 N–H and O–H groups in total. The van der Waals surface area contributed by atoms with E-state index in [9.17, 15) is 4.79 Å². The fourth-order valence-corrected chi connectivity index (χ4v) is 2.00. The molecule has 4 nitrogen and oxygen atoms in total. The van der Waals surface area contributed by atoms with Crippen molar-refractivity contribution in [1.82, 2.24) is 0 Å². The van der Waals surface area contributed by atoms with Crippen molar-refractivity contribution in [3.8, 4) is 0 Å². The standard InChI is InChI=1S/C13H22O4/c1-6-13(8-7-11(14)15-5)9-16-12(3,4)17-10(13)2/h7-8,10H,6,9H2,1-5H3/b8-7+/t10?,13-/m1/s1. The zero-order valence-electron chi connectivity index (χ0n) is 11.3. The third-order valence-corrected chi connectivity index (χ3v) is 3.37. The minimum Gasteiger partial charge on any atom is -0.466 e. The van der Waals surface area contributed by atoms with Crippen LogP contribution in [0, 0.1) is 5.41 Å². The molecule has 4 heteroatoms. The molecule has 1 rings (SSSR count). The van der Waals surface area contributed by atoms with Gasteiger partial charge in [-0.1, -0.05) is 13.0 Å². The van der Waals surface area contributed by atoms with Gasteiger partial charge in [-0.2, -0.15) is 0 Å². The molecule has 1 saturated heterocycles. The molecule has 0 saturated carbocycles. The second-order valence-electron chi connectivity index (χ2n) is 4.89. The topological polar surface area (TPSA) is 44.8 Å². The van der Waals surface area contributed by atoms with Gasteiger partial charge in [0.1, 0.15) is 0 Å². The molecule has 17 heavy (non-hydrogen) atoms. The molecule has 0 bridgehead atoms. The Hall–Kier alpha value is -0.870. The van der Waals surface area contributed by atoms with Gasteiger partial charge in [0.05, 0.1) is 19.8 Å². The summed E-state index contributed by atoms with van der Waals surface area (Å²) in [5, 5.41) is 0. The molecule has 0 aromatic heterocycles. The first kappa shape index (κ1) is 14.2. The smallest absolute Gasteiger partial charge is 0.330 e. The van der Waals surface area contributed by atoms with Crippen molar-refractivity contribution in [3.63, 3.8) is 0 Å². The van der Waals surface area contributed by atoms with Crippen LogP contribution < -0.4 is 0 Å². The monoisotopic (exact) mass is 242 g/mol. The van der Waals surface area contributed by atoms with E-state index in [4.69, 9.17) is 9.47 Å². The first-order valence-electron chi connectivity index (χ1n) is 5.94. The van der Waals surface area contributed by atoms with Crippen molar-refractivity contribution < 1.29 is 19.0 Å². The molecule has 0 aliphatic carbocycles. The number of rotatable bonds is 3. The Bertz CT molecular complexity index is 309. The Morgan fingerprint density at radius 2 is 2.18 bits per heavy atom. The fraction of sp³-hybridized carbons (Fsp3) is 0.769. The summed E-state index contributed by atoms with van der Waals surface area (Å²) in [5.41, 5.74) is -0.260. The summed E-state index contributed by atoms with van der Waals surface area (Å²) in [6.45, 7) is 8.41. The Morgan fingerprint density at radius 3 is 2.65 bits per heavy atom. The maximum Gasteiger partial charge on any atom is 0.330 e. The van der Waals surface area contributed by atoms with Crippen molar-refractivity contribution in [2.24, 2.45) is 5.41 Å².